The van der Waals surface area contributed by atoms with E-state index >= 15 is 0 Å². The molecular formula is C26H48O4. The van der Waals surface area contributed by atoms with Crippen molar-refractivity contribution in [3.63, 3.8) is 0 Å². The number of carboxylic acid groups (broad SMARTS) is 1. The van der Waals surface area contributed by atoms with Crippen molar-refractivity contribution in [1.82, 2.24) is 0 Å². The first-order valence-corrected chi connectivity index (χ1v) is 12.8. The third kappa shape index (κ3) is 20.0. The fraction of sp³-hybridized carbons (Fsp3) is 0.846. The van der Waals surface area contributed by atoms with Gasteiger partial charge in [0.15, 0.2) is 0 Å². The molecule has 0 saturated heterocycles. The van der Waals surface area contributed by atoms with Gasteiger partial charge in [0.1, 0.15) is 0 Å². The summed E-state index contributed by atoms with van der Waals surface area (Å²) in [4.78, 5) is 23.2. The molecule has 0 aromatic carbocycles. The lowest BCUT2D eigenvalue weighted by molar-refractivity contribution is -0.148. The maximum atomic E-state index is 11.9. The van der Waals surface area contributed by atoms with Crippen LogP contribution in [0.3, 0.4) is 0 Å². The highest BCUT2D eigenvalue weighted by molar-refractivity contribution is 5.87. The minimum absolute atomic E-state index is 0.199. The van der Waals surface area contributed by atoms with Crippen molar-refractivity contribution >= 4 is 11.9 Å². The van der Waals surface area contributed by atoms with E-state index in [1.165, 1.54) is 83.5 Å². The fourth-order valence-corrected chi connectivity index (χ4v) is 3.61. The van der Waals surface area contributed by atoms with E-state index in [1.54, 1.807) is 6.08 Å². The van der Waals surface area contributed by atoms with E-state index in [1.807, 2.05) is 0 Å². The fourth-order valence-electron chi connectivity index (χ4n) is 3.61. The minimum atomic E-state index is -1.15. The second-order valence-electron chi connectivity index (χ2n) is 8.54. The third-order valence-corrected chi connectivity index (χ3v) is 5.56. The summed E-state index contributed by atoms with van der Waals surface area (Å²) < 4.78 is 5.08. The first-order valence-electron chi connectivity index (χ1n) is 12.8. The molecule has 0 aliphatic carbocycles. The summed E-state index contributed by atoms with van der Waals surface area (Å²) in [5, 5.41) is 9.25. The molecule has 0 radical (unpaired) electrons. The SMILES string of the molecule is CCCCCCCCCCCCC/C=C(\OC(=O)CCCCCCCCC)C(=O)O. The van der Waals surface area contributed by atoms with Crippen molar-refractivity contribution < 1.29 is 19.4 Å². The molecule has 0 fully saturated rings. The Hall–Kier alpha value is -1.32. The van der Waals surface area contributed by atoms with Crippen LogP contribution < -0.4 is 0 Å². The Morgan fingerprint density at radius 3 is 1.47 bits per heavy atom. The van der Waals surface area contributed by atoms with Gasteiger partial charge < -0.3 is 9.84 Å². The summed E-state index contributed by atoms with van der Waals surface area (Å²) in [6, 6.07) is 0. The number of carbonyl (C=O) groups excluding carboxylic acids is 1. The number of hydrogen-bond donors (Lipinski definition) is 1. The topological polar surface area (TPSA) is 63.6 Å². The van der Waals surface area contributed by atoms with E-state index in [9.17, 15) is 14.7 Å². The van der Waals surface area contributed by atoms with Crippen molar-refractivity contribution in [2.45, 2.75) is 142 Å². The molecule has 176 valence electrons. The van der Waals surface area contributed by atoms with Crippen LogP contribution in [0, 0.1) is 0 Å². The lowest BCUT2D eigenvalue weighted by atomic mass is 10.1. The van der Waals surface area contributed by atoms with Gasteiger partial charge in [0.2, 0.25) is 5.76 Å². The molecule has 4 heteroatoms. The van der Waals surface area contributed by atoms with E-state index in [-0.39, 0.29) is 5.76 Å². The Balaban J connectivity index is 3.74. The zero-order valence-corrected chi connectivity index (χ0v) is 19.9. The molecule has 1 N–H and O–H groups in total. The van der Waals surface area contributed by atoms with Crippen molar-refractivity contribution in [2.24, 2.45) is 0 Å². The molecule has 0 aliphatic rings. The van der Waals surface area contributed by atoms with Crippen LogP contribution >= 0.6 is 0 Å². The molecule has 0 aliphatic heterocycles. The molecular weight excluding hydrogens is 376 g/mol. The molecule has 30 heavy (non-hydrogen) atoms. The van der Waals surface area contributed by atoms with Gasteiger partial charge in [-0.2, -0.15) is 0 Å². The number of hydrogen-bond acceptors (Lipinski definition) is 3. The van der Waals surface area contributed by atoms with Gasteiger partial charge in [-0.3, -0.25) is 4.79 Å². The molecule has 0 aromatic rings. The van der Waals surface area contributed by atoms with Gasteiger partial charge in [-0.15, -0.1) is 0 Å². The second-order valence-corrected chi connectivity index (χ2v) is 8.54. The number of aliphatic carboxylic acids is 1. The molecule has 0 rings (SSSR count). The van der Waals surface area contributed by atoms with Gasteiger partial charge in [0.05, 0.1) is 0 Å². The summed E-state index contributed by atoms with van der Waals surface area (Å²) >= 11 is 0. The number of esters is 1. The molecule has 0 saturated carbocycles. The second kappa shape index (κ2) is 22.4. The first-order chi connectivity index (χ1) is 14.6. The van der Waals surface area contributed by atoms with Crippen LogP contribution in [0.15, 0.2) is 11.8 Å². The number of rotatable bonds is 22. The summed E-state index contributed by atoms with van der Waals surface area (Å²) in [7, 11) is 0. The monoisotopic (exact) mass is 424 g/mol. The number of unbranched alkanes of at least 4 members (excludes halogenated alkanes) is 17. The van der Waals surface area contributed by atoms with Crippen molar-refractivity contribution in [1.29, 1.82) is 0 Å². The largest absolute Gasteiger partial charge is 0.475 e. The normalized spacial score (nSPS) is 11.6. The predicted octanol–water partition coefficient (Wildman–Crippen LogP) is 8.34. The smallest absolute Gasteiger partial charge is 0.371 e. The van der Waals surface area contributed by atoms with Gasteiger partial charge in [-0.1, -0.05) is 117 Å². The van der Waals surface area contributed by atoms with Crippen LogP contribution in [0.5, 0.6) is 0 Å². The predicted molar refractivity (Wildman–Crippen MR) is 125 cm³/mol. The van der Waals surface area contributed by atoms with Crippen molar-refractivity contribution in [2.75, 3.05) is 0 Å². The molecule has 0 unspecified atom stereocenters. The van der Waals surface area contributed by atoms with Crippen LogP contribution in [0.25, 0.3) is 0 Å². The molecule has 0 atom stereocenters. The average molecular weight is 425 g/mol. The maximum absolute atomic E-state index is 11.9. The van der Waals surface area contributed by atoms with Crippen molar-refractivity contribution in [3.8, 4) is 0 Å². The lowest BCUT2D eigenvalue weighted by Crippen LogP contribution is -2.11. The quantitative estimate of drug-likeness (QED) is 0.0820. The summed E-state index contributed by atoms with van der Waals surface area (Å²) in [6.45, 7) is 4.44. The Morgan fingerprint density at radius 1 is 0.633 bits per heavy atom. The van der Waals surface area contributed by atoms with E-state index in [0.717, 1.165) is 32.1 Å². The number of ether oxygens (including phenoxy) is 1. The van der Waals surface area contributed by atoms with Crippen LogP contribution in [-0.4, -0.2) is 17.0 Å². The van der Waals surface area contributed by atoms with Gasteiger partial charge in [0.25, 0.3) is 0 Å². The van der Waals surface area contributed by atoms with E-state index < -0.39 is 11.9 Å². The van der Waals surface area contributed by atoms with Gasteiger partial charge in [-0.05, 0) is 25.3 Å². The molecule has 0 bridgehead atoms. The van der Waals surface area contributed by atoms with Crippen LogP contribution in [-0.2, 0) is 14.3 Å². The van der Waals surface area contributed by atoms with E-state index in [0.29, 0.717) is 12.8 Å². The van der Waals surface area contributed by atoms with Crippen LogP contribution in [0.2, 0.25) is 0 Å². The standard InChI is InChI=1S/C26H48O4/c1-3-5-7-9-11-12-13-14-15-17-18-20-22-24(26(28)29)30-25(27)23-21-19-16-10-8-6-4-2/h22H,3-21,23H2,1-2H3,(H,28,29)/b24-22-. The lowest BCUT2D eigenvalue weighted by Gasteiger charge is -2.06. The Labute approximate surface area is 185 Å². The van der Waals surface area contributed by atoms with Crippen LogP contribution in [0.1, 0.15) is 142 Å². The van der Waals surface area contributed by atoms with Gasteiger partial charge in [0, 0.05) is 6.42 Å². The summed E-state index contributed by atoms with van der Waals surface area (Å²) in [5.41, 5.74) is 0. The maximum Gasteiger partial charge on any atom is 0.371 e. The first kappa shape index (κ1) is 28.7. The summed E-state index contributed by atoms with van der Waals surface area (Å²) in [5.74, 6) is -1.77. The zero-order valence-electron chi connectivity index (χ0n) is 19.9. The molecule has 4 nitrogen and oxygen atoms in total. The number of carbonyl (C=O) groups is 2. The highest BCUT2D eigenvalue weighted by Crippen LogP contribution is 2.14. The minimum Gasteiger partial charge on any atom is -0.475 e. The zero-order chi connectivity index (χ0) is 22.3. The molecule has 0 spiro atoms. The van der Waals surface area contributed by atoms with E-state index in [4.69, 9.17) is 4.74 Å². The number of allylic oxidation sites excluding steroid dienone is 1. The van der Waals surface area contributed by atoms with Gasteiger partial charge in [-0.25, -0.2) is 4.79 Å². The highest BCUT2D eigenvalue weighted by atomic mass is 16.6. The Kier molecular flexibility index (Phi) is 21.4. The average Bonchev–Trinajstić information content (AvgIpc) is 2.72. The van der Waals surface area contributed by atoms with E-state index in [2.05, 4.69) is 13.8 Å². The number of carboxylic acids is 1. The van der Waals surface area contributed by atoms with Gasteiger partial charge >= 0.3 is 11.9 Å². The molecule has 0 amide bonds. The van der Waals surface area contributed by atoms with Crippen molar-refractivity contribution in [3.05, 3.63) is 11.8 Å². The molecule has 0 heterocycles. The molecule has 0 aromatic heterocycles. The summed E-state index contributed by atoms with van der Waals surface area (Å²) in [6.07, 6.45) is 24.3. The highest BCUT2D eigenvalue weighted by Gasteiger charge is 2.13. The Bertz CT molecular complexity index is 442. The Morgan fingerprint density at radius 2 is 1.03 bits per heavy atom. The third-order valence-electron chi connectivity index (χ3n) is 5.56. The van der Waals surface area contributed by atoms with Crippen LogP contribution in [0.4, 0.5) is 0 Å².